The van der Waals surface area contributed by atoms with Gasteiger partial charge < -0.3 is 19.0 Å². The summed E-state index contributed by atoms with van der Waals surface area (Å²) in [5.41, 5.74) is 0.891. The van der Waals surface area contributed by atoms with Gasteiger partial charge in [-0.25, -0.2) is 0 Å². The topological polar surface area (TPSA) is 73.5 Å². The van der Waals surface area contributed by atoms with Crippen molar-refractivity contribution in [2.75, 3.05) is 0 Å². The first-order chi connectivity index (χ1) is 15.3. The summed E-state index contributed by atoms with van der Waals surface area (Å²) in [7, 11) is 0. The van der Waals surface area contributed by atoms with E-state index in [-0.39, 0.29) is 29.2 Å². The molecule has 0 bridgehead atoms. The quantitative estimate of drug-likeness (QED) is 0.479. The summed E-state index contributed by atoms with van der Waals surface area (Å²) >= 11 is 0. The zero-order chi connectivity index (χ0) is 22.7. The number of nitrogens with one attached hydrogen (secondary N) is 1. The summed E-state index contributed by atoms with van der Waals surface area (Å²) in [6.07, 6.45) is 5.39. The molecule has 0 aliphatic carbocycles. The Morgan fingerprint density at radius 3 is 2.28 bits per heavy atom. The second-order valence-electron chi connectivity index (χ2n) is 8.82. The van der Waals surface area contributed by atoms with Crippen LogP contribution in [0.1, 0.15) is 42.5 Å². The highest BCUT2D eigenvalue weighted by Gasteiger charge is 2.15. The number of nitrogens with zero attached hydrogens (tertiary/aromatic N) is 1. The second kappa shape index (κ2) is 8.75. The Morgan fingerprint density at radius 1 is 1.03 bits per heavy atom. The van der Waals surface area contributed by atoms with Crippen molar-refractivity contribution < 1.29 is 13.9 Å². The van der Waals surface area contributed by atoms with Crippen LogP contribution in [0.4, 0.5) is 0 Å². The minimum Gasteiger partial charge on any atom is -0.482 e. The summed E-state index contributed by atoms with van der Waals surface area (Å²) in [5, 5.41) is 5.20. The van der Waals surface area contributed by atoms with E-state index in [1.807, 2.05) is 74.1 Å². The first kappa shape index (κ1) is 21.4. The van der Waals surface area contributed by atoms with Gasteiger partial charge in [0.2, 0.25) is 11.2 Å². The first-order valence-corrected chi connectivity index (χ1v) is 10.5. The Labute approximate surface area is 186 Å². The summed E-state index contributed by atoms with van der Waals surface area (Å²) in [5.74, 6) is 0.578. The molecular formula is C26H26N2O4. The SMILES string of the molecule is CC(C)(C)NC(=O)c1ccc(COc2coc(Cn3cc4ccccc4c3)cc2=O)cc1. The molecule has 0 saturated carbocycles. The van der Waals surface area contributed by atoms with Gasteiger partial charge in [0.15, 0.2) is 0 Å². The average molecular weight is 431 g/mol. The minimum absolute atomic E-state index is 0.128. The Bertz CT molecular complexity index is 1260. The molecule has 0 atom stereocenters. The van der Waals surface area contributed by atoms with Crippen molar-refractivity contribution in [1.82, 2.24) is 9.88 Å². The number of rotatable bonds is 6. The van der Waals surface area contributed by atoms with Gasteiger partial charge in [-0.2, -0.15) is 0 Å². The van der Waals surface area contributed by atoms with Crippen LogP contribution in [-0.4, -0.2) is 16.0 Å². The zero-order valence-electron chi connectivity index (χ0n) is 18.4. The molecule has 2 aromatic carbocycles. The molecule has 0 spiro atoms. The van der Waals surface area contributed by atoms with Crippen LogP contribution in [0.5, 0.6) is 5.75 Å². The monoisotopic (exact) mass is 430 g/mol. The van der Waals surface area contributed by atoms with Crippen LogP contribution in [0.15, 0.2) is 82.5 Å². The normalized spacial score (nSPS) is 11.5. The van der Waals surface area contributed by atoms with Crippen LogP contribution in [-0.2, 0) is 13.2 Å². The molecule has 4 rings (SSSR count). The van der Waals surface area contributed by atoms with Gasteiger partial charge in [-0.15, -0.1) is 0 Å². The van der Waals surface area contributed by atoms with E-state index in [9.17, 15) is 9.59 Å². The number of hydrogen-bond donors (Lipinski definition) is 1. The van der Waals surface area contributed by atoms with Crippen molar-refractivity contribution in [2.45, 2.75) is 39.5 Å². The van der Waals surface area contributed by atoms with Crippen LogP contribution in [0.25, 0.3) is 10.8 Å². The summed E-state index contributed by atoms with van der Waals surface area (Å²) in [4.78, 5) is 24.7. The lowest BCUT2D eigenvalue weighted by molar-refractivity contribution is 0.0919. The van der Waals surface area contributed by atoms with Gasteiger partial charge in [0.25, 0.3) is 5.91 Å². The smallest absolute Gasteiger partial charge is 0.251 e. The maximum absolute atomic E-state index is 12.5. The van der Waals surface area contributed by atoms with E-state index >= 15 is 0 Å². The fraction of sp³-hybridized carbons (Fsp3) is 0.231. The van der Waals surface area contributed by atoms with Crippen molar-refractivity contribution >= 4 is 16.7 Å². The van der Waals surface area contributed by atoms with Crippen LogP contribution in [0, 0.1) is 0 Å². The number of aromatic nitrogens is 1. The molecule has 0 unspecified atom stereocenters. The number of fused-ring (bicyclic) bond motifs is 1. The molecule has 2 aromatic heterocycles. The van der Waals surface area contributed by atoms with Crippen molar-refractivity contribution in [3.8, 4) is 5.75 Å². The summed E-state index contributed by atoms with van der Waals surface area (Å²) in [6.45, 7) is 6.47. The van der Waals surface area contributed by atoms with E-state index in [2.05, 4.69) is 5.32 Å². The number of amides is 1. The molecular weight excluding hydrogens is 404 g/mol. The Morgan fingerprint density at radius 2 is 1.69 bits per heavy atom. The van der Waals surface area contributed by atoms with E-state index < -0.39 is 0 Å². The van der Waals surface area contributed by atoms with Gasteiger partial charge in [0.1, 0.15) is 18.6 Å². The predicted octanol–water partition coefficient (Wildman–Crippen LogP) is 4.75. The summed E-state index contributed by atoms with van der Waals surface area (Å²) in [6, 6.07) is 16.6. The van der Waals surface area contributed by atoms with Crippen LogP contribution in [0.3, 0.4) is 0 Å². The van der Waals surface area contributed by atoms with Crippen LogP contribution < -0.4 is 15.5 Å². The number of carbonyl (C=O) groups excluding carboxylic acids is 1. The zero-order valence-corrected chi connectivity index (χ0v) is 18.4. The number of benzene rings is 2. The fourth-order valence-electron chi connectivity index (χ4n) is 3.36. The highest BCUT2D eigenvalue weighted by Crippen LogP contribution is 2.17. The molecule has 164 valence electrons. The molecule has 1 amide bonds. The molecule has 6 nitrogen and oxygen atoms in total. The third kappa shape index (κ3) is 5.27. The van der Waals surface area contributed by atoms with Gasteiger partial charge in [-0.1, -0.05) is 36.4 Å². The molecule has 0 aliphatic rings. The fourth-order valence-corrected chi connectivity index (χ4v) is 3.36. The van der Waals surface area contributed by atoms with Gasteiger partial charge in [0.05, 0.1) is 6.54 Å². The number of ether oxygens (including phenoxy) is 1. The largest absolute Gasteiger partial charge is 0.482 e. The van der Waals surface area contributed by atoms with Crippen molar-refractivity contribution in [1.29, 1.82) is 0 Å². The molecule has 1 N–H and O–H groups in total. The van der Waals surface area contributed by atoms with Crippen molar-refractivity contribution in [2.24, 2.45) is 0 Å². The minimum atomic E-state index is -0.298. The molecule has 0 aliphatic heterocycles. The molecule has 0 radical (unpaired) electrons. The molecule has 4 aromatic rings. The Hall–Kier alpha value is -3.80. The van der Waals surface area contributed by atoms with E-state index in [0.29, 0.717) is 17.9 Å². The highest BCUT2D eigenvalue weighted by molar-refractivity contribution is 5.94. The van der Waals surface area contributed by atoms with Crippen LogP contribution in [0.2, 0.25) is 0 Å². The molecule has 32 heavy (non-hydrogen) atoms. The van der Waals surface area contributed by atoms with E-state index in [1.54, 1.807) is 12.1 Å². The third-order valence-electron chi connectivity index (χ3n) is 4.90. The van der Waals surface area contributed by atoms with Crippen molar-refractivity contribution in [3.05, 3.63) is 100 Å². The standard InChI is InChI=1S/C26H26N2O4/c1-26(2,3)27-25(30)19-10-8-18(9-11-19)16-32-24-17-31-22(12-23(24)29)15-28-13-20-6-4-5-7-21(20)14-28/h4-14,17H,15-16H2,1-3H3,(H,27,30). The van der Waals surface area contributed by atoms with Crippen molar-refractivity contribution in [3.63, 3.8) is 0 Å². The molecule has 6 heteroatoms. The van der Waals surface area contributed by atoms with Gasteiger partial charge in [-0.05, 0) is 49.2 Å². The average Bonchev–Trinajstić information content (AvgIpc) is 3.14. The maximum atomic E-state index is 12.5. The van der Waals surface area contributed by atoms with E-state index in [1.165, 1.54) is 12.3 Å². The lowest BCUT2D eigenvalue weighted by Gasteiger charge is -2.20. The van der Waals surface area contributed by atoms with Gasteiger partial charge in [-0.3, -0.25) is 9.59 Å². The van der Waals surface area contributed by atoms with E-state index in [4.69, 9.17) is 9.15 Å². The third-order valence-corrected chi connectivity index (χ3v) is 4.90. The molecule has 0 saturated heterocycles. The maximum Gasteiger partial charge on any atom is 0.251 e. The highest BCUT2D eigenvalue weighted by atomic mass is 16.5. The summed E-state index contributed by atoms with van der Waals surface area (Å²) < 4.78 is 13.3. The number of carbonyl (C=O) groups is 1. The van der Waals surface area contributed by atoms with E-state index in [0.717, 1.165) is 16.3 Å². The number of hydrogen-bond acceptors (Lipinski definition) is 4. The Kier molecular flexibility index (Phi) is 5.86. The predicted molar refractivity (Wildman–Crippen MR) is 124 cm³/mol. The van der Waals surface area contributed by atoms with Crippen LogP contribution >= 0.6 is 0 Å². The molecule has 2 heterocycles. The lowest BCUT2D eigenvalue weighted by atomic mass is 10.1. The van der Waals surface area contributed by atoms with Gasteiger partial charge >= 0.3 is 0 Å². The lowest BCUT2D eigenvalue weighted by Crippen LogP contribution is -2.40. The first-order valence-electron chi connectivity index (χ1n) is 10.5. The van der Waals surface area contributed by atoms with Gasteiger partial charge in [0, 0.05) is 29.6 Å². The molecule has 0 fully saturated rings. The second-order valence-corrected chi connectivity index (χ2v) is 8.82. The Balaban J connectivity index is 1.37.